The number of nitrogens with zero attached hydrogens (tertiary/aromatic N) is 8. The number of thiophene rings is 3. The molecular weight excluding hydrogens is 1690 g/mol. The van der Waals surface area contributed by atoms with E-state index < -0.39 is 17.9 Å². The van der Waals surface area contributed by atoms with E-state index in [1.54, 1.807) is 54.2 Å². The SMILES string of the molecule is C.CC1CCC(C(=O)N(c2cc(C#CC(C)(C)C)sc2C(=O)O)C2CCC(Oc3ccc(=O)[nH]n3)CC2)CC1.CC1CCC(C(=O)N(c2cc(C#CC(C)(C)C)sc2C(=O)O)C2CCC(Oc3ccc(=O)n(C)n3)CC2)CC1.CI.COC(=O)c1sc(C#CC(C)(C)C)cc1N(C(=O)C1CCC(C)CC1)C1CCC(Oc2ccc(=O)n(C)n2)CC1. The minimum Gasteiger partial charge on any atom is -0.477 e. The normalized spacial score (nSPS) is 22.8. The monoisotopic (exact) mass is 1820 g/mol. The quantitative estimate of drug-likeness (QED) is 0.0312. The molecular formula is C92H124IN9O15S3. The fourth-order valence-corrected chi connectivity index (χ4v) is 18.6. The van der Waals surface area contributed by atoms with Gasteiger partial charge in [-0.05, 0) is 257 Å². The molecule has 0 aromatic carbocycles. The highest BCUT2D eigenvalue weighted by Gasteiger charge is 2.43. The van der Waals surface area contributed by atoms with Gasteiger partial charge in [0.25, 0.3) is 16.7 Å². The molecule has 0 spiro atoms. The molecule has 6 aromatic heterocycles. The Balaban J connectivity index is 0.000000221. The summed E-state index contributed by atoms with van der Waals surface area (Å²) in [6.45, 7) is 24.9. The predicted molar refractivity (Wildman–Crippen MR) is 484 cm³/mol. The third-order valence-electron chi connectivity index (χ3n) is 22.6. The third kappa shape index (κ3) is 27.7. The van der Waals surface area contributed by atoms with Crippen LogP contribution in [0.1, 0.15) is 288 Å². The zero-order valence-electron chi connectivity index (χ0n) is 72.0. The molecule has 6 saturated carbocycles. The van der Waals surface area contributed by atoms with Gasteiger partial charge in [0.15, 0.2) is 0 Å². The Hall–Kier alpha value is -8.63. The number of amides is 3. The van der Waals surface area contributed by atoms with Gasteiger partial charge in [0.1, 0.15) is 32.9 Å². The van der Waals surface area contributed by atoms with Gasteiger partial charge >= 0.3 is 17.9 Å². The van der Waals surface area contributed by atoms with Crippen LogP contribution in [-0.4, -0.2) is 124 Å². The molecule has 12 rings (SSSR count). The number of methoxy groups -OCH3 is 1. The molecule has 0 atom stereocenters. The van der Waals surface area contributed by atoms with Crippen LogP contribution in [0.5, 0.6) is 17.6 Å². The summed E-state index contributed by atoms with van der Waals surface area (Å²) in [4.78, 5) is 125. The van der Waals surface area contributed by atoms with Crippen LogP contribution in [0.15, 0.2) is 69.0 Å². The third-order valence-corrected chi connectivity index (χ3v) is 25.7. The number of nitrogens with one attached hydrogen (secondary N) is 1. The van der Waals surface area contributed by atoms with Crippen molar-refractivity contribution in [2.24, 2.45) is 65.8 Å². The number of rotatable bonds is 18. The van der Waals surface area contributed by atoms with E-state index in [-0.39, 0.29) is 122 Å². The van der Waals surface area contributed by atoms with Gasteiger partial charge in [0.2, 0.25) is 35.4 Å². The van der Waals surface area contributed by atoms with E-state index >= 15 is 0 Å². The van der Waals surface area contributed by atoms with Gasteiger partial charge in [0, 0.05) is 103 Å². The van der Waals surface area contributed by atoms with Crippen LogP contribution in [-0.2, 0) is 33.2 Å². The fraction of sp³-hybridized carbons (Fsp3) is 0.609. The minimum atomic E-state index is -1.04. The molecule has 120 heavy (non-hydrogen) atoms. The van der Waals surface area contributed by atoms with Crippen molar-refractivity contribution in [3.63, 3.8) is 0 Å². The first kappa shape index (κ1) is 96.8. The number of ether oxygens (including phenoxy) is 4. The smallest absolute Gasteiger partial charge is 0.350 e. The number of aromatic amines is 1. The first-order valence-electron chi connectivity index (χ1n) is 41.9. The number of aromatic nitrogens is 6. The number of carbonyl (C=O) groups is 6. The van der Waals surface area contributed by atoms with Crippen molar-refractivity contribution in [3.05, 3.63) is 115 Å². The van der Waals surface area contributed by atoms with Crippen molar-refractivity contribution >= 4 is 109 Å². The molecule has 652 valence electrons. The first-order valence-corrected chi connectivity index (χ1v) is 46.5. The zero-order valence-corrected chi connectivity index (χ0v) is 76.6. The lowest BCUT2D eigenvalue weighted by molar-refractivity contribution is -0.125. The van der Waals surface area contributed by atoms with E-state index in [0.717, 1.165) is 130 Å². The van der Waals surface area contributed by atoms with E-state index in [1.165, 1.54) is 46.0 Å². The van der Waals surface area contributed by atoms with Crippen LogP contribution in [0.2, 0.25) is 0 Å². The van der Waals surface area contributed by atoms with E-state index in [0.29, 0.717) is 118 Å². The molecule has 6 aliphatic rings. The van der Waals surface area contributed by atoms with E-state index in [1.807, 2.05) is 78.2 Å². The summed E-state index contributed by atoms with van der Waals surface area (Å²) in [5.41, 5.74) is 0.240. The molecule has 0 radical (unpaired) electrons. The number of aromatic carboxylic acids is 2. The Kier molecular flexibility index (Phi) is 35.4. The van der Waals surface area contributed by atoms with E-state index in [2.05, 4.69) is 99.3 Å². The molecule has 3 amide bonds. The van der Waals surface area contributed by atoms with E-state index in [4.69, 9.17) is 18.9 Å². The Morgan fingerprint density at radius 3 is 0.992 bits per heavy atom. The molecule has 0 bridgehead atoms. The summed E-state index contributed by atoms with van der Waals surface area (Å²) >= 11 is 5.72. The zero-order chi connectivity index (χ0) is 86.8. The number of anilines is 3. The van der Waals surface area contributed by atoms with Gasteiger partial charge in [-0.2, -0.15) is 0 Å². The summed E-state index contributed by atoms with van der Waals surface area (Å²) in [6, 6.07) is 14.2. The second kappa shape index (κ2) is 43.9. The van der Waals surface area contributed by atoms with Crippen LogP contribution in [0.3, 0.4) is 0 Å². The number of carboxylic acid groups (broad SMARTS) is 2. The minimum absolute atomic E-state index is 0. The van der Waals surface area contributed by atoms with Crippen molar-refractivity contribution in [3.8, 4) is 53.2 Å². The summed E-state index contributed by atoms with van der Waals surface area (Å²) < 4.78 is 25.8. The first-order chi connectivity index (χ1) is 56.4. The summed E-state index contributed by atoms with van der Waals surface area (Å²) in [7, 11) is 4.56. The molecule has 6 fully saturated rings. The predicted octanol–water partition coefficient (Wildman–Crippen LogP) is 18.2. The topological polar surface area (TPSA) is 305 Å². The van der Waals surface area contributed by atoms with Crippen LogP contribution in [0.4, 0.5) is 17.1 Å². The Morgan fingerprint density at radius 1 is 0.442 bits per heavy atom. The molecule has 0 unspecified atom stereocenters. The van der Waals surface area contributed by atoms with Crippen molar-refractivity contribution in [1.82, 2.24) is 29.8 Å². The largest absolute Gasteiger partial charge is 0.477 e. The highest BCUT2D eigenvalue weighted by molar-refractivity contribution is 14.1. The number of hydrogen-bond acceptors (Lipinski definition) is 19. The van der Waals surface area contributed by atoms with Crippen molar-refractivity contribution in [2.45, 2.75) is 281 Å². The molecule has 28 heteroatoms. The van der Waals surface area contributed by atoms with Crippen LogP contribution in [0, 0.1) is 87.3 Å². The van der Waals surface area contributed by atoms with E-state index in [9.17, 15) is 53.4 Å². The number of carboxylic acids is 2. The van der Waals surface area contributed by atoms with Gasteiger partial charge in [-0.25, -0.2) is 28.8 Å². The maximum atomic E-state index is 14.2. The number of hydrogen-bond donors (Lipinski definition) is 3. The van der Waals surface area contributed by atoms with Gasteiger partial charge in [-0.15, -0.1) is 49.3 Å². The molecule has 0 aliphatic heterocycles. The highest BCUT2D eigenvalue weighted by atomic mass is 127. The van der Waals surface area contributed by atoms with Gasteiger partial charge in [0.05, 0.1) is 38.8 Å². The van der Waals surface area contributed by atoms with Crippen LogP contribution >= 0.6 is 56.6 Å². The summed E-state index contributed by atoms with van der Waals surface area (Å²) in [5.74, 6) is 19.5. The maximum Gasteiger partial charge on any atom is 0.350 e. The standard InChI is InChI=1S/C31H41N3O5S.C30H39N3O5S.C29H37N3O5S.CH3I.CH4/c1-20-7-9-21(10-8-20)29(36)34(25-19-24(17-18-31(2,3)4)40-28(25)30(37)38-6)22-11-13-23(14-12-22)39-26-15-16-27(35)33(5)32-26;1-19-6-8-20(9-7-19)28(35)33(24-18-23(16-17-30(2,3)4)39-27(24)29(36)37)21-10-12-22(13-11-21)38-25-14-15-26(34)32(5)31-25;1-18-5-7-19(8-6-18)27(34)32(23-17-22(15-16-29(2,3)4)38-26(23)28(35)36)20-9-11-21(12-10-20)37-25-14-13-24(33)30-31-25;1-2;/h15-16,19-23H,7-14H2,1-6H3;14-15,18-22H,6-13H2,1-5H3,(H,36,37);13-14,17-21H,5-12H2,1-4H3,(H,30,33)(H,35,36);1H3;1H4. The number of halogens is 1. The number of esters is 1. The van der Waals surface area contributed by atoms with Crippen molar-refractivity contribution in [2.75, 3.05) is 26.7 Å². The molecule has 3 N–H and O–H groups in total. The Labute approximate surface area is 733 Å². The van der Waals surface area contributed by atoms with Crippen molar-refractivity contribution < 1.29 is 57.9 Å². The van der Waals surface area contributed by atoms with Crippen LogP contribution < -0.4 is 45.6 Å². The van der Waals surface area contributed by atoms with Gasteiger partial charge in [-0.3, -0.25) is 28.8 Å². The summed E-state index contributed by atoms with van der Waals surface area (Å²) in [5, 5.41) is 34.9. The lowest BCUT2D eigenvalue weighted by Crippen LogP contribution is -2.47. The second-order valence-electron chi connectivity index (χ2n) is 35.7. The maximum absolute atomic E-state index is 14.2. The molecule has 6 aliphatic carbocycles. The molecule has 6 aromatic rings. The van der Waals surface area contributed by atoms with Crippen LogP contribution in [0.25, 0.3) is 0 Å². The average Bonchev–Trinajstić information content (AvgIpc) is 1.60. The lowest BCUT2D eigenvalue weighted by atomic mass is 9.81. The number of carbonyl (C=O) groups excluding carboxylic acids is 4. The highest BCUT2D eigenvalue weighted by Crippen LogP contribution is 2.44. The Morgan fingerprint density at radius 2 is 0.725 bits per heavy atom. The van der Waals surface area contributed by atoms with Crippen molar-refractivity contribution in [1.29, 1.82) is 0 Å². The Bertz CT molecular complexity index is 4860. The number of alkyl halides is 1. The molecule has 0 saturated heterocycles. The van der Waals surface area contributed by atoms with Gasteiger partial charge < -0.3 is 43.9 Å². The molecule has 24 nitrogen and oxygen atoms in total. The fourth-order valence-electron chi connectivity index (χ4n) is 16.0. The van der Waals surface area contributed by atoms with Gasteiger partial charge in [-0.1, -0.05) is 86.3 Å². The number of aryl methyl sites for hydroxylation is 2. The lowest BCUT2D eigenvalue weighted by Gasteiger charge is -2.39. The number of H-pyrrole nitrogens is 1. The second-order valence-corrected chi connectivity index (χ2v) is 38.9. The average molecular weight is 1820 g/mol. The summed E-state index contributed by atoms with van der Waals surface area (Å²) in [6.07, 6.45) is 19.3. The molecule has 6 heterocycles.